The summed E-state index contributed by atoms with van der Waals surface area (Å²) in [6.07, 6.45) is -3.77. The summed E-state index contributed by atoms with van der Waals surface area (Å²) >= 11 is 0. The molecule has 152 valence electrons. The van der Waals surface area contributed by atoms with Gasteiger partial charge in [-0.05, 0) is 64.7 Å². The van der Waals surface area contributed by atoms with Crippen molar-refractivity contribution in [1.82, 2.24) is 5.32 Å². The zero-order valence-electron chi connectivity index (χ0n) is 15.7. The van der Waals surface area contributed by atoms with E-state index in [2.05, 4.69) is 5.32 Å². The molecule has 0 atom stereocenters. The van der Waals surface area contributed by atoms with Crippen LogP contribution in [0.25, 0.3) is 0 Å². The molecule has 0 unspecified atom stereocenters. The third-order valence-electron chi connectivity index (χ3n) is 5.21. The third-order valence-corrected chi connectivity index (χ3v) is 7.80. The molecular weight excluding hydrogens is 381 g/mol. The Labute approximate surface area is 157 Å². The van der Waals surface area contributed by atoms with Crippen LogP contribution in [0.2, 0.25) is 0 Å². The lowest BCUT2D eigenvalue weighted by atomic mass is 9.73. The number of hydrogen-bond acceptors (Lipinski definition) is 4. The van der Waals surface area contributed by atoms with Gasteiger partial charge < -0.3 is 11.1 Å². The fourth-order valence-corrected chi connectivity index (χ4v) is 4.82. The normalized spacial score (nSPS) is 21.5. The second kappa shape index (κ2) is 6.77. The molecule has 0 spiro atoms. The maximum Gasteiger partial charge on any atom is 0.416 e. The number of benzene rings is 1. The highest BCUT2D eigenvalue weighted by molar-refractivity contribution is 7.92. The van der Waals surface area contributed by atoms with Gasteiger partial charge in [-0.2, -0.15) is 13.2 Å². The van der Waals surface area contributed by atoms with Gasteiger partial charge in [0.05, 0.1) is 20.7 Å². The van der Waals surface area contributed by atoms with Crippen LogP contribution in [-0.4, -0.2) is 30.7 Å². The summed E-state index contributed by atoms with van der Waals surface area (Å²) in [5, 5.41) is 2.77. The molecule has 1 aliphatic carbocycles. The molecule has 5 nitrogen and oxygen atoms in total. The van der Waals surface area contributed by atoms with Gasteiger partial charge in [0.2, 0.25) is 5.91 Å². The highest BCUT2D eigenvalue weighted by Gasteiger charge is 2.49. The second-order valence-electron chi connectivity index (χ2n) is 8.19. The van der Waals surface area contributed by atoms with Crippen molar-refractivity contribution >= 4 is 15.7 Å². The second-order valence-corrected chi connectivity index (χ2v) is 10.7. The van der Waals surface area contributed by atoms with E-state index in [1.54, 1.807) is 13.8 Å². The number of nitrogens with one attached hydrogen (secondary N) is 1. The van der Waals surface area contributed by atoms with Crippen LogP contribution in [0.1, 0.15) is 46.1 Å². The van der Waals surface area contributed by atoms with Gasteiger partial charge in [-0.3, -0.25) is 4.79 Å². The van der Waals surface area contributed by atoms with Crippen LogP contribution in [-0.2, 0) is 20.8 Å². The molecule has 9 heteroatoms. The molecule has 0 aromatic heterocycles. The van der Waals surface area contributed by atoms with Crippen molar-refractivity contribution in [2.75, 3.05) is 0 Å². The zero-order valence-corrected chi connectivity index (χ0v) is 16.5. The summed E-state index contributed by atoms with van der Waals surface area (Å²) < 4.78 is 63.4. The van der Waals surface area contributed by atoms with Crippen LogP contribution in [0.5, 0.6) is 0 Å². The molecule has 3 N–H and O–H groups in total. The molecule has 1 aromatic rings. The molecule has 1 aliphatic rings. The number of alkyl halides is 3. The Hall–Kier alpha value is -1.61. The van der Waals surface area contributed by atoms with Gasteiger partial charge in [0.25, 0.3) is 0 Å². The van der Waals surface area contributed by atoms with Gasteiger partial charge in [-0.25, -0.2) is 8.42 Å². The van der Waals surface area contributed by atoms with E-state index in [0.29, 0.717) is 18.9 Å². The number of halogens is 3. The lowest BCUT2D eigenvalue weighted by Crippen LogP contribution is -2.58. The minimum atomic E-state index is -4.61. The molecule has 0 heterocycles. The first-order chi connectivity index (χ1) is 12.1. The first-order valence-corrected chi connectivity index (χ1v) is 10.1. The maximum atomic E-state index is 13.0. The molecule has 0 aliphatic heterocycles. The van der Waals surface area contributed by atoms with Crippen molar-refractivity contribution in [2.45, 2.75) is 67.9 Å². The topological polar surface area (TPSA) is 89.3 Å². The van der Waals surface area contributed by atoms with Crippen molar-refractivity contribution in [1.29, 1.82) is 0 Å². The summed E-state index contributed by atoms with van der Waals surface area (Å²) in [7, 11) is -4.00. The van der Waals surface area contributed by atoms with Gasteiger partial charge in [-0.1, -0.05) is 6.07 Å². The molecule has 0 saturated heterocycles. The van der Waals surface area contributed by atoms with Gasteiger partial charge in [0.15, 0.2) is 9.84 Å². The van der Waals surface area contributed by atoms with Crippen LogP contribution < -0.4 is 11.1 Å². The Morgan fingerprint density at radius 2 is 1.70 bits per heavy atom. The quantitative estimate of drug-likeness (QED) is 0.787. The van der Waals surface area contributed by atoms with Crippen molar-refractivity contribution in [3.8, 4) is 0 Å². The van der Waals surface area contributed by atoms with E-state index in [4.69, 9.17) is 5.73 Å². The number of amides is 1. The van der Waals surface area contributed by atoms with E-state index in [1.807, 2.05) is 0 Å². The number of nitrogens with two attached hydrogens (primary N) is 1. The molecule has 2 rings (SSSR count). The van der Waals surface area contributed by atoms with Crippen LogP contribution in [0, 0.1) is 5.92 Å². The molecule has 1 saturated carbocycles. The van der Waals surface area contributed by atoms with Crippen molar-refractivity contribution in [2.24, 2.45) is 11.7 Å². The smallest absolute Gasteiger partial charge is 0.352 e. The van der Waals surface area contributed by atoms with Gasteiger partial charge in [0.1, 0.15) is 0 Å². The largest absolute Gasteiger partial charge is 0.416 e. The van der Waals surface area contributed by atoms with E-state index in [9.17, 15) is 26.4 Å². The minimum Gasteiger partial charge on any atom is -0.352 e. The predicted octanol–water partition coefficient (Wildman–Crippen LogP) is 2.89. The average Bonchev–Trinajstić information content (AvgIpc) is 2.48. The summed E-state index contributed by atoms with van der Waals surface area (Å²) in [6, 6.07) is 3.60. The Bertz CT molecular complexity index is 821. The third kappa shape index (κ3) is 4.29. The monoisotopic (exact) mass is 406 g/mol. The lowest BCUT2D eigenvalue weighted by molar-refractivity contribution is -0.137. The maximum absolute atomic E-state index is 13.0. The fourth-order valence-electron chi connectivity index (χ4n) is 3.04. The molecule has 0 radical (unpaired) electrons. The van der Waals surface area contributed by atoms with Gasteiger partial charge in [0, 0.05) is 6.04 Å². The predicted molar refractivity (Wildman–Crippen MR) is 95.6 cm³/mol. The Kier molecular flexibility index (Phi) is 5.44. The molecular formula is C18H25F3N2O3S. The summed E-state index contributed by atoms with van der Waals surface area (Å²) in [4.78, 5) is 11.6. The number of sulfone groups is 1. The average molecular weight is 406 g/mol. The van der Waals surface area contributed by atoms with E-state index >= 15 is 0 Å². The first kappa shape index (κ1) is 21.7. The Balaban J connectivity index is 2.16. The van der Waals surface area contributed by atoms with E-state index in [0.717, 1.165) is 12.1 Å². The van der Waals surface area contributed by atoms with Gasteiger partial charge >= 0.3 is 6.18 Å². The number of carbonyl (C=O) groups excluding carboxylic acids is 1. The molecule has 0 bridgehead atoms. The SMILES string of the molecule is CC(C)(N)C(=O)N[C@H]1C[C@@H](C(C)(C)S(=O)(=O)c2cccc(C(F)(F)F)c2)C1. The fraction of sp³-hybridized carbons (Fsp3) is 0.611. The number of carbonyl (C=O) groups is 1. The van der Waals surface area contributed by atoms with Crippen molar-refractivity contribution < 1.29 is 26.4 Å². The number of rotatable bonds is 5. The summed E-state index contributed by atoms with van der Waals surface area (Å²) in [5.41, 5.74) is 3.69. The van der Waals surface area contributed by atoms with Gasteiger partial charge in [-0.15, -0.1) is 0 Å². The molecule has 1 aromatic carbocycles. The van der Waals surface area contributed by atoms with Crippen molar-refractivity contribution in [3.05, 3.63) is 29.8 Å². The summed E-state index contributed by atoms with van der Waals surface area (Å²) in [5.74, 6) is -0.618. The van der Waals surface area contributed by atoms with E-state index in [1.165, 1.54) is 19.9 Å². The molecule has 1 amide bonds. The molecule has 1 fully saturated rings. The van der Waals surface area contributed by atoms with Crippen LogP contribution in [0.4, 0.5) is 13.2 Å². The lowest BCUT2D eigenvalue weighted by Gasteiger charge is -2.45. The van der Waals surface area contributed by atoms with E-state index in [-0.39, 0.29) is 22.8 Å². The van der Waals surface area contributed by atoms with Crippen LogP contribution in [0.3, 0.4) is 0 Å². The van der Waals surface area contributed by atoms with Crippen LogP contribution >= 0.6 is 0 Å². The molecule has 27 heavy (non-hydrogen) atoms. The first-order valence-electron chi connectivity index (χ1n) is 8.58. The van der Waals surface area contributed by atoms with E-state index < -0.39 is 31.9 Å². The number of hydrogen-bond donors (Lipinski definition) is 2. The highest BCUT2D eigenvalue weighted by Crippen LogP contribution is 2.44. The Morgan fingerprint density at radius 1 is 1.15 bits per heavy atom. The highest BCUT2D eigenvalue weighted by atomic mass is 32.2. The minimum absolute atomic E-state index is 0.193. The zero-order chi connectivity index (χ0) is 20.8. The van der Waals surface area contributed by atoms with Crippen LogP contribution in [0.15, 0.2) is 29.2 Å². The summed E-state index contributed by atoms with van der Waals surface area (Å²) in [6.45, 7) is 6.16. The standard InChI is InChI=1S/C18H25F3N2O3S/c1-16(2,22)15(24)23-13-8-12(9-13)17(3,4)27(25,26)14-7-5-6-11(10-14)18(19,20)21/h5-7,10,12-13H,8-9,22H2,1-4H3,(H,23,24)/t12-,13+. The van der Waals surface area contributed by atoms with Crippen molar-refractivity contribution in [3.63, 3.8) is 0 Å². The Morgan fingerprint density at radius 3 is 2.19 bits per heavy atom.